The van der Waals surface area contributed by atoms with Crippen molar-refractivity contribution in [2.45, 2.75) is 13.5 Å². The topological polar surface area (TPSA) is 118 Å². The van der Waals surface area contributed by atoms with Crippen molar-refractivity contribution in [3.05, 3.63) is 56.9 Å². The van der Waals surface area contributed by atoms with Crippen LogP contribution in [-0.4, -0.2) is 35.6 Å². The van der Waals surface area contributed by atoms with Crippen LogP contribution < -0.4 is 21.9 Å². The van der Waals surface area contributed by atoms with Gasteiger partial charge in [0.15, 0.2) is 0 Å². The molecule has 0 saturated heterocycles. The van der Waals surface area contributed by atoms with Gasteiger partial charge in [-0.15, -0.1) is 0 Å². The van der Waals surface area contributed by atoms with Crippen LogP contribution in [0, 0.1) is 18.6 Å². The third-order valence-corrected chi connectivity index (χ3v) is 4.97. The fraction of sp³-hybridized carbons (Fsp3) is 0.158. The van der Waals surface area contributed by atoms with E-state index in [9.17, 15) is 28.6 Å². The highest BCUT2D eigenvalue weighted by Gasteiger charge is 2.24. The first-order valence-electron chi connectivity index (χ1n) is 8.62. The number of hydrogen-bond donors (Lipinski definition) is 4. The van der Waals surface area contributed by atoms with Crippen LogP contribution in [0.25, 0.3) is 16.6 Å². The lowest BCUT2D eigenvalue weighted by atomic mass is 9.87. The number of hydrogen-bond acceptors (Lipinski definition) is 5. The number of carboxylic acids is 1. The fourth-order valence-corrected chi connectivity index (χ4v) is 3.52. The molecule has 0 unspecified atom stereocenters. The Labute approximate surface area is 164 Å². The number of nitrogens with one attached hydrogen (secondary N) is 1. The summed E-state index contributed by atoms with van der Waals surface area (Å²) in [7, 11) is 3.08. The number of benzene rings is 2. The van der Waals surface area contributed by atoms with E-state index in [4.69, 9.17) is 5.73 Å². The van der Waals surface area contributed by atoms with Crippen LogP contribution in [0.5, 0.6) is 0 Å². The van der Waals surface area contributed by atoms with Crippen LogP contribution in [0.3, 0.4) is 0 Å². The van der Waals surface area contributed by atoms with Crippen molar-refractivity contribution in [2.24, 2.45) is 0 Å². The van der Waals surface area contributed by atoms with E-state index in [-0.39, 0.29) is 39.1 Å². The summed E-state index contributed by atoms with van der Waals surface area (Å²) in [5.74, 6) is -2.93. The zero-order valence-corrected chi connectivity index (χ0v) is 15.9. The first-order chi connectivity index (χ1) is 13.6. The number of rotatable bonds is 4. The predicted molar refractivity (Wildman–Crippen MR) is 109 cm³/mol. The molecule has 0 aliphatic heterocycles. The summed E-state index contributed by atoms with van der Waals surface area (Å²) < 4.78 is 30.1. The number of aliphatic hydroxyl groups excluding tert-OH is 1. The number of aliphatic hydroxyl groups is 1. The second-order valence-electron chi connectivity index (χ2n) is 6.62. The van der Waals surface area contributed by atoms with Gasteiger partial charge in [-0.3, -0.25) is 4.79 Å². The number of nitrogens with zero attached hydrogens (tertiary/aromatic N) is 1. The summed E-state index contributed by atoms with van der Waals surface area (Å²) in [4.78, 5) is 24.5. The second kappa shape index (κ2) is 7.21. The van der Waals surface area contributed by atoms with Crippen molar-refractivity contribution in [3.8, 4) is 5.69 Å². The van der Waals surface area contributed by atoms with E-state index in [2.05, 4.69) is 5.32 Å². The van der Waals surface area contributed by atoms with Crippen molar-refractivity contribution < 1.29 is 23.8 Å². The summed E-state index contributed by atoms with van der Waals surface area (Å²) in [6.45, 7) is 0.808. The van der Waals surface area contributed by atoms with Gasteiger partial charge in [-0.1, -0.05) is 0 Å². The number of nitrogen functional groups attached to an aromatic ring is 1. The van der Waals surface area contributed by atoms with Gasteiger partial charge in [0.05, 0.1) is 34.6 Å². The van der Waals surface area contributed by atoms with Gasteiger partial charge in [-0.25, -0.2) is 13.6 Å². The molecule has 5 N–H and O–H groups in total. The molecule has 0 fully saturated rings. The molecule has 0 amide bonds. The minimum absolute atomic E-state index is 0.0302. The number of pyridine rings is 1. The molecule has 10 heteroatoms. The van der Waals surface area contributed by atoms with Crippen LogP contribution in [0.15, 0.2) is 23.1 Å². The van der Waals surface area contributed by atoms with E-state index in [0.29, 0.717) is 5.46 Å². The molecule has 3 aromatic rings. The van der Waals surface area contributed by atoms with Crippen LogP contribution in [0.1, 0.15) is 21.5 Å². The third kappa shape index (κ3) is 3.01. The molecule has 0 bridgehead atoms. The average molecular weight is 401 g/mol. The Kier molecular flexibility index (Phi) is 5.06. The molecule has 0 radical (unpaired) electrons. The molecule has 29 heavy (non-hydrogen) atoms. The van der Waals surface area contributed by atoms with Gasteiger partial charge in [0.2, 0.25) is 5.43 Å². The number of aromatic nitrogens is 1. The number of aryl methyl sites for hydroxylation is 1. The molecule has 0 aliphatic rings. The van der Waals surface area contributed by atoms with E-state index in [1.165, 1.54) is 24.6 Å². The fourth-order valence-electron chi connectivity index (χ4n) is 3.52. The second-order valence-corrected chi connectivity index (χ2v) is 6.62. The SMILES string of the molecule is Bc1c(NC)c(F)c(C)c2c(=O)c(C(=O)O)cn(-c3cc(N)c(F)cc3CO)c12. The van der Waals surface area contributed by atoms with Crippen molar-refractivity contribution in [3.63, 3.8) is 0 Å². The maximum absolute atomic E-state index is 14.8. The monoisotopic (exact) mass is 401 g/mol. The molecule has 3 rings (SSSR count). The molecule has 2 aromatic carbocycles. The highest BCUT2D eigenvalue weighted by molar-refractivity contribution is 6.42. The molecular weight excluding hydrogens is 383 g/mol. The lowest BCUT2D eigenvalue weighted by Crippen LogP contribution is -2.26. The maximum atomic E-state index is 14.8. The van der Waals surface area contributed by atoms with Gasteiger partial charge in [0.25, 0.3) is 0 Å². The lowest BCUT2D eigenvalue weighted by molar-refractivity contribution is 0.0695. The standard InChI is InChI=1S/C19H18BF2N3O4/c1-7-13-17(14(20)16(24-2)15(7)22)25(5-9(18(13)27)19(28)29)12-4-11(23)10(21)3-8(12)6-26/h3-5,24,26H,6,20,23H2,1-2H3,(H,28,29). The first kappa shape index (κ1) is 20.3. The summed E-state index contributed by atoms with van der Waals surface area (Å²) >= 11 is 0. The minimum atomic E-state index is -1.50. The normalized spacial score (nSPS) is 11.1. The molecule has 0 spiro atoms. The number of anilines is 2. The highest BCUT2D eigenvalue weighted by Crippen LogP contribution is 2.28. The van der Waals surface area contributed by atoms with E-state index >= 15 is 0 Å². The number of carboxylic acid groups (broad SMARTS) is 1. The highest BCUT2D eigenvalue weighted by atomic mass is 19.1. The zero-order chi connectivity index (χ0) is 21.6. The van der Waals surface area contributed by atoms with E-state index < -0.39 is 35.2 Å². The number of fused-ring (bicyclic) bond motifs is 1. The molecule has 7 nitrogen and oxygen atoms in total. The summed E-state index contributed by atoms with van der Waals surface area (Å²) in [5, 5.41) is 21.8. The Morgan fingerprint density at radius 2 is 2.00 bits per heavy atom. The number of carbonyl (C=O) groups is 1. The van der Waals surface area contributed by atoms with Crippen LogP contribution >= 0.6 is 0 Å². The molecule has 1 aromatic heterocycles. The van der Waals surface area contributed by atoms with Gasteiger partial charge in [0, 0.05) is 24.4 Å². The van der Waals surface area contributed by atoms with Crippen LogP contribution in [0.4, 0.5) is 20.2 Å². The third-order valence-electron chi connectivity index (χ3n) is 4.97. The van der Waals surface area contributed by atoms with E-state index in [0.717, 1.165) is 12.3 Å². The van der Waals surface area contributed by atoms with Gasteiger partial charge in [-0.2, -0.15) is 0 Å². The Balaban J connectivity index is 2.66. The molecule has 150 valence electrons. The first-order valence-corrected chi connectivity index (χ1v) is 8.62. The Morgan fingerprint density at radius 3 is 2.55 bits per heavy atom. The molecule has 0 atom stereocenters. The Morgan fingerprint density at radius 1 is 1.34 bits per heavy atom. The number of nitrogens with two attached hydrogens (primary N) is 1. The van der Waals surface area contributed by atoms with Gasteiger partial charge < -0.3 is 25.8 Å². The Bertz CT molecular complexity index is 1240. The summed E-state index contributed by atoms with van der Waals surface area (Å²) in [6.07, 6.45) is 1.07. The van der Waals surface area contributed by atoms with Crippen molar-refractivity contribution in [2.75, 3.05) is 18.1 Å². The largest absolute Gasteiger partial charge is 0.477 e. The zero-order valence-electron chi connectivity index (χ0n) is 15.9. The average Bonchev–Trinajstić information content (AvgIpc) is 2.68. The smallest absolute Gasteiger partial charge is 0.341 e. The summed E-state index contributed by atoms with van der Waals surface area (Å²) in [6, 6.07) is 2.26. The molecule has 0 saturated carbocycles. The summed E-state index contributed by atoms with van der Waals surface area (Å²) in [5.41, 5.74) is 4.97. The minimum Gasteiger partial charge on any atom is -0.477 e. The predicted octanol–water partition coefficient (Wildman–Crippen LogP) is 0.650. The maximum Gasteiger partial charge on any atom is 0.341 e. The molecular formula is C19H18BF2N3O4. The van der Waals surface area contributed by atoms with E-state index in [1.807, 2.05) is 0 Å². The van der Waals surface area contributed by atoms with Gasteiger partial charge in [0.1, 0.15) is 25.0 Å². The number of halogens is 2. The van der Waals surface area contributed by atoms with Crippen molar-refractivity contribution in [1.29, 1.82) is 0 Å². The van der Waals surface area contributed by atoms with Crippen LogP contribution in [-0.2, 0) is 6.61 Å². The van der Waals surface area contributed by atoms with Gasteiger partial charge in [-0.05, 0) is 24.5 Å². The van der Waals surface area contributed by atoms with E-state index in [1.54, 1.807) is 7.85 Å². The quantitative estimate of drug-likeness (QED) is 0.377. The van der Waals surface area contributed by atoms with Crippen LogP contribution in [0.2, 0.25) is 0 Å². The number of aromatic carboxylic acids is 1. The van der Waals surface area contributed by atoms with Crippen molar-refractivity contribution in [1.82, 2.24) is 4.57 Å². The van der Waals surface area contributed by atoms with Crippen molar-refractivity contribution >= 4 is 41.6 Å². The molecule has 1 heterocycles. The van der Waals surface area contributed by atoms with Gasteiger partial charge >= 0.3 is 5.97 Å². The Hall–Kier alpha value is -3.40. The molecule has 0 aliphatic carbocycles. The lowest BCUT2D eigenvalue weighted by Gasteiger charge is -2.21.